The van der Waals surface area contributed by atoms with Gasteiger partial charge in [0.05, 0.1) is 10.5 Å². The number of nitrogens with one attached hydrogen (secondary N) is 1. The van der Waals surface area contributed by atoms with Crippen molar-refractivity contribution in [3.05, 3.63) is 63.2 Å². The van der Waals surface area contributed by atoms with Gasteiger partial charge in [-0.3, -0.25) is 10.1 Å². The van der Waals surface area contributed by atoms with Crippen LogP contribution in [0.5, 0.6) is 0 Å². The molecule has 0 aromatic heterocycles. The fourth-order valence-electron chi connectivity index (χ4n) is 1.99. The number of nitrogens with zero attached hydrogens (tertiary/aromatic N) is 1. The zero-order valence-electron chi connectivity index (χ0n) is 11.6. The first kappa shape index (κ1) is 14.5. The highest BCUT2D eigenvalue weighted by molar-refractivity contribution is 5.91. The topological polar surface area (TPSA) is 92.5 Å². The Morgan fingerprint density at radius 2 is 1.90 bits per heavy atom. The maximum Gasteiger partial charge on any atom is 0.336 e. The molecular weight excluding hydrogens is 272 g/mol. The Bertz CT molecular complexity index is 726. The van der Waals surface area contributed by atoms with Gasteiger partial charge in [0.15, 0.2) is 0 Å². The molecule has 2 aromatic carbocycles. The van der Waals surface area contributed by atoms with Gasteiger partial charge in [0, 0.05) is 11.8 Å². The van der Waals surface area contributed by atoms with Gasteiger partial charge < -0.3 is 10.4 Å². The Labute approximate surface area is 121 Å². The zero-order valence-corrected chi connectivity index (χ0v) is 11.6. The van der Waals surface area contributed by atoms with E-state index >= 15 is 0 Å². The molecule has 0 spiro atoms. The van der Waals surface area contributed by atoms with Crippen LogP contribution in [-0.4, -0.2) is 16.0 Å². The van der Waals surface area contributed by atoms with Crippen LogP contribution in [0.4, 0.5) is 17.1 Å². The normalized spacial score (nSPS) is 10.2. The minimum absolute atomic E-state index is 0.0574. The minimum atomic E-state index is -1.03. The van der Waals surface area contributed by atoms with E-state index in [-0.39, 0.29) is 11.3 Å². The van der Waals surface area contributed by atoms with Gasteiger partial charge in [-0.15, -0.1) is 0 Å². The molecule has 0 unspecified atom stereocenters. The lowest BCUT2D eigenvalue weighted by Gasteiger charge is -2.10. The summed E-state index contributed by atoms with van der Waals surface area (Å²) in [5.74, 6) is -1.03. The zero-order chi connectivity index (χ0) is 15.6. The predicted molar refractivity (Wildman–Crippen MR) is 79.3 cm³/mol. The number of carboxylic acid groups (broad SMARTS) is 1. The molecule has 0 aliphatic rings. The van der Waals surface area contributed by atoms with Gasteiger partial charge in [-0.1, -0.05) is 12.1 Å². The third-order valence-corrected chi connectivity index (χ3v) is 3.10. The van der Waals surface area contributed by atoms with Crippen molar-refractivity contribution >= 4 is 23.0 Å². The summed E-state index contributed by atoms with van der Waals surface area (Å²) in [6, 6.07) is 9.54. The number of aromatic carboxylic acids is 1. The van der Waals surface area contributed by atoms with Crippen LogP contribution in [0, 0.1) is 24.0 Å². The smallest absolute Gasteiger partial charge is 0.336 e. The lowest BCUT2D eigenvalue weighted by molar-refractivity contribution is -0.383. The molecule has 0 aliphatic heterocycles. The van der Waals surface area contributed by atoms with E-state index in [4.69, 9.17) is 5.11 Å². The first-order valence-electron chi connectivity index (χ1n) is 6.24. The molecule has 0 saturated carbocycles. The molecule has 0 heterocycles. The van der Waals surface area contributed by atoms with Crippen LogP contribution in [0.25, 0.3) is 0 Å². The van der Waals surface area contributed by atoms with Gasteiger partial charge in [-0.25, -0.2) is 4.79 Å². The molecule has 2 aromatic rings. The van der Waals surface area contributed by atoms with E-state index in [9.17, 15) is 14.9 Å². The van der Waals surface area contributed by atoms with E-state index in [0.29, 0.717) is 16.9 Å². The van der Waals surface area contributed by atoms with Crippen molar-refractivity contribution in [3.8, 4) is 0 Å². The molecule has 2 N–H and O–H groups in total. The van der Waals surface area contributed by atoms with E-state index in [1.165, 1.54) is 12.1 Å². The average Bonchev–Trinajstić information content (AvgIpc) is 2.40. The van der Waals surface area contributed by atoms with Crippen molar-refractivity contribution in [1.29, 1.82) is 0 Å². The highest BCUT2D eigenvalue weighted by Gasteiger charge is 2.15. The second kappa shape index (κ2) is 5.62. The number of nitro groups is 1. The molecule has 21 heavy (non-hydrogen) atoms. The highest BCUT2D eigenvalue weighted by Crippen LogP contribution is 2.29. The molecular formula is C15H14N2O4. The molecule has 6 nitrogen and oxygen atoms in total. The first-order valence-corrected chi connectivity index (χ1v) is 6.24. The average molecular weight is 286 g/mol. The quantitative estimate of drug-likeness (QED) is 0.661. The number of benzene rings is 2. The Morgan fingerprint density at radius 1 is 1.19 bits per heavy atom. The lowest BCUT2D eigenvalue weighted by atomic mass is 10.1. The Balaban J connectivity index is 2.43. The van der Waals surface area contributed by atoms with Crippen LogP contribution >= 0.6 is 0 Å². The summed E-state index contributed by atoms with van der Waals surface area (Å²) in [6.07, 6.45) is 0. The number of hydrogen-bond acceptors (Lipinski definition) is 4. The molecule has 0 aliphatic carbocycles. The van der Waals surface area contributed by atoms with Crippen molar-refractivity contribution in [2.45, 2.75) is 13.8 Å². The number of aryl methyl sites for hydroxylation is 2. The summed E-state index contributed by atoms with van der Waals surface area (Å²) in [6.45, 7) is 3.52. The Hall–Kier alpha value is -2.89. The summed E-state index contributed by atoms with van der Waals surface area (Å²) in [5.41, 5.74) is 2.43. The highest BCUT2D eigenvalue weighted by atomic mass is 16.6. The fourth-order valence-corrected chi connectivity index (χ4v) is 1.99. The standard InChI is InChI=1S/C15H14N2O4/c1-9-3-6-14(17(20)21)13(7-9)16-11-5-4-10(2)12(8-11)15(18)19/h3-8,16H,1-2H3,(H,18,19). The van der Waals surface area contributed by atoms with Crippen molar-refractivity contribution < 1.29 is 14.8 Å². The van der Waals surface area contributed by atoms with Crippen LogP contribution in [0.3, 0.4) is 0 Å². The third kappa shape index (κ3) is 3.17. The van der Waals surface area contributed by atoms with E-state index in [1.54, 1.807) is 31.2 Å². The van der Waals surface area contributed by atoms with Crippen LogP contribution in [0.1, 0.15) is 21.5 Å². The van der Waals surface area contributed by atoms with E-state index in [2.05, 4.69) is 5.32 Å². The molecule has 0 saturated heterocycles. The molecule has 108 valence electrons. The maximum atomic E-state index is 11.1. The van der Waals surface area contributed by atoms with Crippen LogP contribution in [0.2, 0.25) is 0 Å². The van der Waals surface area contributed by atoms with Crippen molar-refractivity contribution in [1.82, 2.24) is 0 Å². The van der Waals surface area contributed by atoms with Gasteiger partial charge in [0.1, 0.15) is 5.69 Å². The second-order valence-electron chi connectivity index (χ2n) is 4.74. The van der Waals surface area contributed by atoms with E-state index in [0.717, 1.165) is 5.56 Å². The van der Waals surface area contributed by atoms with Crippen LogP contribution in [-0.2, 0) is 0 Å². The van der Waals surface area contributed by atoms with Gasteiger partial charge >= 0.3 is 5.97 Å². The number of hydrogen-bond donors (Lipinski definition) is 2. The van der Waals surface area contributed by atoms with E-state index < -0.39 is 10.9 Å². The number of rotatable bonds is 4. The van der Waals surface area contributed by atoms with Crippen molar-refractivity contribution in [2.75, 3.05) is 5.32 Å². The number of carbonyl (C=O) groups is 1. The summed E-state index contributed by atoms with van der Waals surface area (Å²) in [5, 5.41) is 23.0. The summed E-state index contributed by atoms with van der Waals surface area (Å²) in [7, 11) is 0. The van der Waals surface area contributed by atoms with Crippen LogP contribution < -0.4 is 5.32 Å². The second-order valence-corrected chi connectivity index (χ2v) is 4.74. The molecule has 0 radical (unpaired) electrons. The Morgan fingerprint density at radius 3 is 2.52 bits per heavy atom. The van der Waals surface area contributed by atoms with Gasteiger partial charge in [-0.05, 0) is 43.2 Å². The van der Waals surface area contributed by atoms with Crippen LogP contribution in [0.15, 0.2) is 36.4 Å². The van der Waals surface area contributed by atoms with E-state index in [1.807, 2.05) is 6.92 Å². The maximum absolute atomic E-state index is 11.1. The first-order chi connectivity index (χ1) is 9.88. The fraction of sp³-hybridized carbons (Fsp3) is 0.133. The third-order valence-electron chi connectivity index (χ3n) is 3.10. The predicted octanol–water partition coefficient (Wildman–Crippen LogP) is 3.65. The Kier molecular flexibility index (Phi) is 3.89. The van der Waals surface area contributed by atoms with Gasteiger partial charge in [-0.2, -0.15) is 0 Å². The number of anilines is 2. The monoisotopic (exact) mass is 286 g/mol. The summed E-state index contributed by atoms with van der Waals surface area (Å²) < 4.78 is 0. The minimum Gasteiger partial charge on any atom is -0.478 e. The lowest BCUT2D eigenvalue weighted by Crippen LogP contribution is -2.02. The molecule has 0 fully saturated rings. The van der Waals surface area contributed by atoms with Crippen molar-refractivity contribution in [2.24, 2.45) is 0 Å². The van der Waals surface area contributed by atoms with Crippen molar-refractivity contribution in [3.63, 3.8) is 0 Å². The van der Waals surface area contributed by atoms with Gasteiger partial charge in [0.25, 0.3) is 5.69 Å². The number of carboxylic acids is 1. The summed E-state index contributed by atoms with van der Waals surface area (Å²) in [4.78, 5) is 21.7. The summed E-state index contributed by atoms with van der Waals surface area (Å²) >= 11 is 0. The largest absolute Gasteiger partial charge is 0.478 e. The number of nitro benzene ring substituents is 1. The van der Waals surface area contributed by atoms with Gasteiger partial charge in [0.2, 0.25) is 0 Å². The molecule has 2 rings (SSSR count). The molecule has 0 amide bonds. The molecule has 0 atom stereocenters. The molecule has 6 heteroatoms. The SMILES string of the molecule is Cc1ccc([N+](=O)[O-])c(Nc2ccc(C)c(C(=O)O)c2)c1. The molecule has 0 bridgehead atoms.